The number of ether oxygens (including phenoxy) is 1. The largest absolute Gasteiger partial charge is 0.495 e. The summed E-state index contributed by atoms with van der Waals surface area (Å²) in [6.07, 6.45) is 0.979. The number of H-pyrrole nitrogens is 1. The fraction of sp³-hybridized carbons (Fsp3) is 0.300. The van der Waals surface area contributed by atoms with Crippen LogP contribution in [-0.2, 0) is 6.42 Å². The summed E-state index contributed by atoms with van der Waals surface area (Å²) in [7, 11) is 3.73. The van der Waals surface area contributed by atoms with Gasteiger partial charge in [-0.25, -0.2) is 0 Å². The fourth-order valence-corrected chi connectivity index (χ4v) is 3.18. The first kappa shape index (κ1) is 18.2. The van der Waals surface area contributed by atoms with E-state index in [0.29, 0.717) is 4.77 Å². The molecule has 3 rings (SSSR count). The smallest absolute Gasteiger partial charge is 0.200 e. The molecular formula is C20H24N4OS. The Morgan fingerprint density at radius 2 is 2.00 bits per heavy atom. The van der Waals surface area contributed by atoms with E-state index in [4.69, 9.17) is 17.0 Å². The Labute approximate surface area is 159 Å². The van der Waals surface area contributed by atoms with Gasteiger partial charge in [-0.3, -0.25) is 9.67 Å². The molecule has 0 unspecified atom stereocenters. The summed E-state index contributed by atoms with van der Waals surface area (Å²) in [5.74, 6) is 1.64. The molecule has 0 spiro atoms. The quantitative estimate of drug-likeness (QED) is 0.645. The highest BCUT2D eigenvalue weighted by Gasteiger charge is 2.14. The minimum atomic E-state index is 0.567. The van der Waals surface area contributed by atoms with Crippen LogP contribution in [0.3, 0.4) is 0 Å². The van der Waals surface area contributed by atoms with Crippen LogP contribution in [0.1, 0.15) is 19.4 Å². The number of methoxy groups -OCH3 is 1. The van der Waals surface area contributed by atoms with E-state index in [1.807, 2.05) is 23.7 Å². The average Bonchev–Trinajstić information content (AvgIpc) is 3.08. The summed E-state index contributed by atoms with van der Waals surface area (Å²) in [6, 6.07) is 14.5. The molecule has 0 fully saturated rings. The zero-order chi connectivity index (χ0) is 18.7. The molecule has 3 aromatic rings. The maximum Gasteiger partial charge on any atom is 0.200 e. The van der Waals surface area contributed by atoms with Crippen molar-refractivity contribution >= 4 is 17.9 Å². The molecule has 2 aromatic carbocycles. The molecule has 0 saturated carbocycles. The number of aromatic amines is 1. The van der Waals surface area contributed by atoms with Gasteiger partial charge in [-0.15, -0.1) is 0 Å². The summed E-state index contributed by atoms with van der Waals surface area (Å²) in [4.78, 5) is 2.14. The molecule has 1 heterocycles. The van der Waals surface area contributed by atoms with E-state index in [-0.39, 0.29) is 0 Å². The van der Waals surface area contributed by atoms with Gasteiger partial charge in [0.25, 0.3) is 0 Å². The molecule has 0 radical (unpaired) electrons. The number of nitrogens with zero attached hydrogens (tertiary/aromatic N) is 3. The van der Waals surface area contributed by atoms with Gasteiger partial charge >= 0.3 is 0 Å². The second-order valence-electron chi connectivity index (χ2n) is 6.11. The summed E-state index contributed by atoms with van der Waals surface area (Å²) < 4.78 is 8.05. The predicted molar refractivity (Wildman–Crippen MR) is 109 cm³/mol. The van der Waals surface area contributed by atoms with Crippen LogP contribution in [0.5, 0.6) is 5.75 Å². The Morgan fingerprint density at radius 3 is 2.69 bits per heavy atom. The standard InChI is InChI=1S/C20H24N4OS/c1-5-14-8-7-9-15(12-14)19-21-22-20(26)24(19)16-10-11-18(25-4)17(13-16)23(3)6-2/h7-13H,5-6H2,1-4H3,(H,22,26). The van der Waals surface area contributed by atoms with Gasteiger partial charge in [0.1, 0.15) is 5.75 Å². The number of rotatable bonds is 6. The first-order valence-electron chi connectivity index (χ1n) is 8.75. The summed E-state index contributed by atoms with van der Waals surface area (Å²) >= 11 is 5.51. The first-order valence-corrected chi connectivity index (χ1v) is 9.16. The number of nitrogens with one attached hydrogen (secondary N) is 1. The van der Waals surface area contributed by atoms with Gasteiger partial charge < -0.3 is 9.64 Å². The number of anilines is 1. The van der Waals surface area contributed by atoms with Crippen molar-refractivity contribution in [3.05, 3.63) is 52.8 Å². The van der Waals surface area contributed by atoms with Crippen LogP contribution in [0.25, 0.3) is 17.1 Å². The summed E-state index contributed by atoms with van der Waals surface area (Å²) in [5, 5.41) is 7.41. The molecule has 0 aliphatic rings. The van der Waals surface area contributed by atoms with E-state index >= 15 is 0 Å². The Kier molecular flexibility index (Phi) is 5.42. The maximum absolute atomic E-state index is 5.52. The molecule has 0 amide bonds. The van der Waals surface area contributed by atoms with Gasteiger partial charge in [0, 0.05) is 19.2 Å². The van der Waals surface area contributed by atoms with E-state index < -0.39 is 0 Å². The monoisotopic (exact) mass is 368 g/mol. The molecule has 0 aliphatic carbocycles. The van der Waals surface area contributed by atoms with Crippen molar-refractivity contribution in [2.24, 2.45) is 0 Å². The van der Waals surface area contributed by atoms with Crippen molar-refractivity contribution in [3.8, 4) is 22.8 Å². The lowest BCUT2D eigenvalue weighted by Crippen LogP contribution is -2.17. The molecule has 0 aliphatic heterocycles. The van der Waals surface area contributed by atoms with Gasteiger partial charge in [-0.1, -0.05) is 25.1 Å². The van der Waals surface area contributed by atoms with Crippen molar-refractivity contribution < 1.29 is 4.74 Å². The van der Waals surface area contributed by atoms with Crippen molar-refractivity contribution in [2.75, 3.05) is 25.6 Å². The zero-order valence-corrected chi connectivity index (χ0v) is 16.4. The number of hydrogen-bond donors (Lipinski definition) is 1. The Bertz CT molecular complexity index is 960. The van der Waals surface area contributed by atoms with Crippen molar-refractivity contribution in [3.63, 3.8) is 0 Å². The van der Waals surface area contributed by atoms with Crippen LogP contribution in [-0.4, -0.2) is 35.5 Å². The Morgan fingerprint density at radius 1 is 1.19 bits per heavy atom. The molecule has 0 atom stereocenters. The van der Waals surface area contributed by atoms with Crippen LogP contribution < -0.4 is 9.64 Å². The Hall–Kier alpha value is -2.60. The second kappa shape index (κ2) is 7.74. The molecule has 136 valence electrons. The van der Waals surface area contributed by atoms with Crippen LogP contribution in [0.4, 0.5) is 5.69 Å². The van der Waals surface area contributed by atoms with E-state index in [0.717, 1.165) is 41.5 Å². The van der Waals surface area contributed by atoms with Crippen LogP contribution in [0, 0.1) is 4.77 Å². The molecule has 6 heteroatoms. The highest BCUT2D eigenvalue weighted by Crippen LogP contribution is 2.31. The normalized spacial score (nSPS) is 10.8. The summed E-state index contributed by atoms with van der Waals surface area (Å²) in [5.41, 5.74) is 4.28. The van der Waals surface area contributed by atoms with Gasteiger partial charge in [-0.05, 0) is 55.4 Å². The molecule has 1 aromatic heterocycles. The second-order valence-corrected chi connectivity index (χ2v) is 6.50. The molecule has 1 N–H and O–H groups in total. The number of aryl methyl sites for hydroxylation is 1. The van der Waals surface area contributed by atoms with Crippen molar-refractivity contribution in [1.29, 1.82) is 0 Å². The number of benzene rings is 2. The highest BCUT2D eigenvalue weighted by molar-refractivity contribution is 7.71. The lowest BCUT2D eigenvalue weighted by atomic mass is 10.1. The fourth-order valence-electron chi connectivity index (χ4n) is 2.95. The molecule has 0 bridgehead atoms. The van der Waals surface area contributed by atoms with Gasteiger partial charge in [0.05, 0.1) is 18.5 Å². The third-order valence-corrected chi connectivity index (χ3v) is 4.85. The maximum atomic E-state index is 5.52. The zero-order valence-electron chi connectivity index (χ0n) is 15.6. The molecule has 5 nitrogen and oxygen atoms in total. The number of hydrogen-bond acceptors (Lipinski definition) is 4. The van der Waals surface area contributed by atoms with E-state index in [1.165, 1.54) is 5.56 Å². The SMILES string of the molecule is CCc1cccc(-c2n[nH]c(=S)n2-c2ccc(OC)c(N(C)CC)c2)c1. The van der Waals surface area contributed by atoms with Crippen LogP contribution in [0.15, 0.2) is 42.5 Å². The van der Waals surface area contributed by atoms with E-state index in [2.05, 4.69) is 59.3 Å². The van der Waals surface area contributed by atoms with E-state index in [9.17, 15) is 0 Å². The minimum absolute atomic E-state index is 0.567. The molecular weight excluding hydrogens is 344 g/mol. The third kappa shape index (κ3) is 3.37. The Balaban J connectivity index is 2.16. The van der Waals surface area contributed by atoms with Gasteiger partial charge in [0.15, 0.2) is 10.6 Å². The highest BCUT2D eigenvalue weighted by atomic mass is 32.1. The van der Waals surface area contributed by atoms with E-state index in [1.54, 1.807) is 7.11 Å². The number of aromatic nitrogens is 3. The van der Waals surface area contributed by atoms with Crippen LogP contribution >= 0.6 is 12.2 Å². The third-order valence-electron chi connectivity index (χ3n) is 4.57. The predicted octanol–water partition coefficient (Wildman–Crippen LogP) is 4.62. The topological polar surface area (TPSA) is 46.1 Å². The first-order chi connectivity index (χ1) is 12.6. The van der Waals surface area contributed by atoms with Crippen LogP contribution in [0.2, 0.25) is 0 Å². The van der Waals surface area contributed by atoms with Crippen molar-refractivity contribution in [2.45, 2.75) is 20.3 Å². The lowest BCUT2D eigenvalue weighted by molar-refractivity contribution is 0.415. The molecule has 0 saturated heterocycles. The minimum Gasteiger partial charge on any atom is -0.495 e. The van der Waals surface area contributed by atoms with Gasteiger partial charge in [0.2, 0.25) is 0 Å². The van der Waals surface area contributed by atoms with Gasteiger partial charge in [-0.2, -0.15) is 5.10 Å². The molecule has 26 heavy (non-hydrogen) atoms. The van der Waals surface area contributed by atoms with Crippen molar-refractivity contribution in [1.82, 2.24) is 14.8 Å². The lowest BCUT2D eigenvalue weighted by Gasteiger charge is -2.21. The average molecular weight is 369 g/mol. The summed E-state index contributed by atoms with van der Waals surface area (Å²) in [6.45, 7) is 5.13.